The lowest BCUT2D eigenvalue weighted by Crippen LogP contribution is -2.57. The van der Waals surface area contributed by atoms with Crippen molar-refractivity contribution in [2.75, 3.05) is 6.54 Å². The number of hydrogen-bond acceptors (Lipinski definition) is 8. The van der Waals surface area contributed by atoms with Gasteiger partial charge in [-0.3, -0.25) is 9.59 Å². The molecule has 10 heteroatoms. The summed E-state index contributed by atoms with van der Waals surface area (Å²) in [4.78, 5) is 52.6. The molecular formula is C36H48N4O6. The third-order valence-corrected chi connectivity index (χ3v) is 11.3. The standard InChI is InChI=1S/C36H48N4O6/c1-7-24-28-18-40(29(24)20(2)41)32(42)30(34(3,4)5)39-33(43)46-35(6)19-36(35)17-21(36)10-8-9-11-26-31(45-28)38-27-16-23(44-22-12-13-22)14-15-25(27)37-26/h14-16,21-22,24,28-30H,7-13,17-19H2,1-6H3,(H,39,43)/t21-,24-,28+,29-,30-,35-,36?/m1/s1. The van der Waals surface area contributed by atoms with Crippen LogP contribution in [0.25, 0.3) is 11.0 Å². The van der Waals surface area contributed by atoms with Gasteiger partial charge in [-0.25, -0.2) is 14.8 Å². The third kappa shape index (κ3) is 5.59. The second kappa shape index (κ2) is 11.1. The van der Waals surface area contributed by atoms with Crippen molar-refractivity contribution in [1.29, 1.82) is 0 Å². The smallest absolute Gasteiger partial charge is 0.408 e. The van der Waals surface area contributed by atoms with E-state index in [2.05, 4.69) is 5.32 Å². The van der Waals surface area contributed by atoms with E-state index in [-0.39, 0.29) is 35.7 Å². The molecule has 1 aromatic heterocycles. The lowest BCUT2D eigenvalue weighted by atomic mass is 9.85. The molecule has 1 aromatic carbocycles. The minimum atomic E-state index is -0.883. The number of nitrogens with zero attached hydrogens (tertiary/aromatic N) is 3. The van der Waals surface area contributed by atoms with Crippen LogP contribution >= 0.6 is 0 Å². The van der Waals surface area contributed by atoms with Crippen molar-refractivity contribution in [3.63, 3.8) is 0 Å². The van der Waals surface area contributed by atoms with Gasteiger partial charge in [0.1, 0.15) is 29.2 Å². The predicted octanol–water partition coefficient (Wildman–Crippen LogP) is 5.78. The predicted molar refractivity (Wildman–Crippen MR) is 172 cm³/mol. The van der Waals surface area contributed by atoms with Crippen LogP contribution in [-0.2, 0) is 20.7 Å². The van der Waals surface area contributed by atoms with Gasteiger partial charge in [0, 0.05) is 17.4 Å². The Labute approximate surface area is 271 Å². The second-order valence-corrected chi connectivity index (χ2v) is 15.8. The molecule has 7 atom stereocenters. The molecule has 7 rings (SSSR count). The molecular weight excluding hydrogens is 584 g/mol. The zero-order valence-electron chi connectivity index (χ0n) is 28.1. The van der Waals surface area contributed by atoms with Crippen LogP contribution in [0.15, 0.2) is 18.2 Å². The average Bonchev–Trinajstić information content (AvgIpc) is 3.93. The van der Waals surface area contributed by atoms with Crippen LogP contribution in [0.5, 0.6) is 11.6 Å². The van der Waals surface area contributed by atoms with E-state index in [0.717, 1.165) is 61.9 Å². The monoisotopic (exact) mass is 632 g/mol. The summed E-state index contributed by atoms with van der Waals surface area (Å²) in [7, 11) is 0. The molecule has 5 aliphatic rings. The van der Waals surface area contributed by atoms with E-state index in [1.54, 1.807) is 4.90 Å². The van der Waals surface area contributed by atoms with Gasteiger partial charge < -0.3 is 24.4 Å². The highest BCUT2D eigenvalue weighted by molar-refractivity contribution is 5.92. The highest BCUT2D eigenvalue weighted by Gasteiger charge is 2.79. The summed E-state index contributed by atoms with van der Waals surface area (Å²) in [5, 5.41) is 2.92. The van der Waals surface area contributed by atoms with E-state index < -0.39 is 35.3 Å². The van der Waals surface area contributed by atoms with Crippen molar-refractivity contribution >= 4 is 28.8 Å². The first-order chi connectivity index (χ1) is 21.8. The first-order valence-corrected chi connectivity index (χ1v) is 17.3. The van der Waals surface area contributed by atoms with Crippen molar-refractivity contribution in [2.24, 2.45) is 22.7 Å². The molecule has 3 heterocycles. The van der Waals surface area contributed by atoms with Crippen LogP contribution in [0.4, 0.5) is 4.79 Å². The van der Waals surface area contributed by atoms with Gasteiger partial charge in [0.05, 0.1) is 29.7 Å². The minimum Gasteiger partial charge on any atom is -0.490 e. The Kier molecular flexibility index (Phi) is 7.51. The number of nitrogens with one attached hydrogen (secondary N) is 1. The molecule has 3 saturated carbocycles. The van der Waals surface area contributed by atoms with Gasteiger partial charge >= 0.3 is 6.09 Å². The molecule has 1 spiro atoms. The van der Waals surface area contributed by atoms with Gasteiger partial charge in [-0.1, -0.05) is 34.1 Å². The topological polar surface area (TPSA) is 120 Å². The van der Waals surface area contributed by atoms with E-state index in [0.29, 0.717) is 30.2 Å². The molecule has 10 nitrogen and oxygen atoms in total. The Hall–Kier alpha value is -3.43. The largest absolute Gasteiger partial charge is 0.490 e. The van der Waals surface area contributed by atoms with E-state index in [1.165, 1.54) is 6.92 Å². The fraction of sp³-hybridized carbons (Fsp3) is 0.694. The number of ketones is 1. The molecule has 1 unspecified atom stereocenters. The van der Waals surface area contributed by atoms with E-state index in [9.17, 15) is 14.4 Å². The maximum Gasteiger partial charge on any atom is 0.408 e. The van der Waals surface area contributed by atoms with Crippen LogP contribution in [0.2, 0.25) is 0 Å². The number of alkyl carbamates (subject to hydrolysis) is 1. The normalized spacial score (nSPS) is 34.6. The number of Topliss-reactive ketones (excluding diaryl/α,β-unsaturated/α-hetero) is 1. The molecule has 248 valence electrons. The lowest BCUT2D eigenvalue weighted by molar-refractivity contribution is -0.141. The molecule has 1 N–H and O–H groups in total. The molecule has 2 aliphatic heterocycles. The number of benzene rings is 1. The Morgan fingerprint density at radius 2 is 1.91 bits per heavy atom. The average molecular weight is 633 g/mol. The number of ether oxygens (including phenoxy) is 3. The number of amides is 2. The fourth-order valence-electron chi connectivity index (χ4n) is 8.31. The number of carbonyl (C=O) groups is 3. The first-order valence-electron chi connectivity index (χ1n) is 17.3. The van der Waals surface area contributed by atoms with Crippen LogP contribution in [-0.4, -0.2) is 69.1 Å². The summed E-state index contributed by atoms with van der Waals surface area (Å²) >= 11 is 0. The Morgan fingerprint density at radius 3 is 2.61 bits per heavy atom. The van der Waals surface area contributed by atoms with Crippen LogP contribution in [0.1, 0.15) is 98.6 Å². The molecule has 1 saturated heterocycles. The highest BCUT2D eigenvalue weighted by atomic mass is 16.6. The maximum absolute atomic E-state index is 14.4. The molecule has 0 radical (unpaired) electrons. The van der Waals surface area contributed by atoms with Gasteiger partial charge in [0.15, 0.2) is 5.78 Å². The van der Waals surface area contributed by atoms with E-state index in [1.807, 2.05) is 52.8 Å². The van der Waals surface area contributed by atoms with Crippen molar-refractivity contribution in [3.05, 3.63) is 23.9 Å². The number of aryl methyl sites for hydroxylation is 1. The van der Waals surface area contributed by atoms with Gasteiger partial charge in [0.25, 0.3) is 0 Å². The van der Waals surface area contributed by atoms with Crippen molar-refractivity contribution in [1.82, 2.24) is 20.2 Å². The van der Waals surface area contributed by atoms with Crippen molar-refractivity contribution in [3.8, 4) is 11.6 Å². The van der Waals surface area contributed by atoms with E-state index in [4.69, 9.17) is 24.2 Å². The Balaban J connectivity index is 1.25. The minimum absolute atomic E-state index is 0.0462. The fourth-order valence-corrected chi connectivity index (χ4v) is 8.31. The molecule has 46 heavy (non-hydrogen) atoms. The van der Waals surface area contributed by atoms with Gasteiger partial charge in [-0.2, -0.15) is 0 Å². The molecule has 4 fully saturated rings. The Bertz CT molecular complexity index is 1570. The zero-order valence-corrected chi connectivity index (χ0v) is 28.1. The summed E-state index contributed by atoms with van der Waals surface area (Å²) in [6, 6.07) is 4.28. The first kappa shape index (κ1) is 31.2. The van der Waals surface area contributed by atoms with Gasteiger partial charge in [-0.15, -0.1) is 0 Å². The third-order valence-electron chi connectivity index (χ3n) is 11.3. The number of aromatic nitrogens is 2. The van der Waals surface area contributed by atoms with Crippen molar-refractivity contribution < 1.29 is 28.6 Å². The summed E-state index contributed by atoms with van der Waals surface area (Å²) in [5.74, 6) is 1.10. The van der Waals surface area contributed by atoms with Gasteiger partial charge in [-0.05, 0) is 88.7 Å². The summed E-state index contributed by atoms with van der Waals surface area (Å²) < 4.78 is 18.8. The summed E-state index contributed by atoms with van der Waals surface area (Å²) in [6.07, 6.45) is 7.64. The number of fused-ring (bicyclic) bond motifs is 4. The van der Waals surface area contributed by atoms with Crippen molar-refractivity contribution in [2.45, 2.75) is 129 Å². The zero-order chi connectivity index (χ0) is 32.6. The molecule has 2 aromatic rings. The van der Waals surface area contributed by atoms with Gasteiger partial charge in [0.2, 0.25) is 11.8 Å². The van der Waals surface area contributed by atoms with E-state index >= 15 is 0 Å². The maximum atomic E-state index is 14.4. The Morgan fingerprint density at radius 1 is 1.13 bits per heavy atom. The molecule has 2 bridgehead atoms. The quantitative estimate of drug-likeness (QED) is 0.451. The van der Waals surface area contributed by atoms with Crippen LogP contribution < -0.4 is 14.8 Å². The number of hydrogen-bond donors (Lipinski definition) is 1. The molecule has 3 aliphatic carbocycles. The second-order valence-electron chi connectivity index (χ2n) is 15.8. The summed E-state index contributed by atoms with van der Waals surface area (Å²) in [6.45, 7) is 11.5. The molecule has 2 amide bonds. The van der Waals surface area contributed by atoms with Crippen LogP contribution in [0.3, 0.4) is 0 Å². The van der Waals surface area contributed by atoms with Crippen LogP contribution in [0, 0.1) is 22.7 Å². The number of rotatable bonds is 4. The SMILES string of the molecule is CC[C@@H]1[C@@H]2CN(C(=O)[C@H](C(C)(C)C)NC(=O)O[C@]3(C)CC34C[C@H]4CCCCc3nc4ccc(OC5CC5)cc4nc3O2)[C@@H]1C(C)=O. The summed E-state index contributed by atoms with van der Waals surface area (Å²) in [5.41, 5.74) is 1.20. The lowest BCUT2D eigenvalue weighted by Gasteiger charge is -2.35. The highest BCUT2D eigenvalue weighted by Crippen LogP contribution is 2.79. The number of carbonyl (C=O) groups excluding carboxylic acids is 3.